The zero-order valence-corrected chi connectivity index (χ0v) is 12.8. The van der Waals surface area contributed by atoms with E-state index in [4.69, 9.17) is 4.98 Å². The Balaban J connectivity index is 1.95. The number of hydrogen-bond acceptors (Lipinski definition) is 3. The molecule has 1 aliphatic rings. The molecule has 0 amide bonds. The van der Waals surface area contributed by atoms with Gasteiger partial charge in [0, 0.05) is 18.5 Å². The maximum Gasteiger partial charge on any atom is 0.147 e. The molecule has 1 aromatic heterocycles. The lowest BCUT2D eigenvalue weighted by atomic mass is 9.78. The second-order valence-electron chi connectivity index (χ2n) is 6.32. The van der Waals surface area contributed by atoms with Crippen LogP contribution in [0.5, 0.6) is 0 Å². The number of nitriles is 1. The first-order chi connectivity index (χ1) is 10.1. The van der Waals surface area contributed by atoms with Crippen LogP contribution in [-0.2, 0) is 0 Å². The summed E-state index contributed by atoms with van der Waals surface area (Å²) in [4.78, 5) is 7.03. The normalized spacial score (nSPS) is 17.7. The third kappa shape index (κ3) is 2.58. The molecule has 1 aromatic carbocycles. The van der Waals surface area contributed by atoms with E-state index >= 15 is 0 Å². The second-order valence-corrected chi connectivity index (χ2v) is 6.32. The number of aromatic nitrogens is 1. The Morgan fingerprint density at radius 3 is 2.67 bits per heavy atom. The number of hydrogen-bond donors (Lipinski definition) is 0. The van der Waals surface area contributed by atoms with Gasteiger partial charge in [-0.25, -0.2) is 4.98 Å². The summed E-state index contributed by atoms with van der Waals surface area (Å²) in [6, 6.07) is 12.3. The van der Waals surface area contributed by atoms with Crippen LogP contribution in [0, 0.1) is 16.7 Å². The summed E-state index contributed by atoms with van der Waals surface area (Å²) in [5, 5.41) is 10.5. The summed E-state index contributed by atoms with van der Waals surface area (Å²) in [7, 11) is 0. The molecule has 1 aliphatic heterocycles. The molecule has 3 nitrogen and oxygen atoms in total. The molecule has 0 N–H and O–H groups in total. The van der Waals surface area contributed by atoms with Gasteiger partial charge in [0.05, 0.1) is 11.1 Å². The highest BCUT2D eigenvalue weighted by Crippen LogP contribution is 2.36. The molecule has 2 heterocycles. The average molecular weight is 279 g/mol. The van der Waals surface area contributed by atoms with Crippen molar-refractivity contribution in [3.8, 4) is 6.07 Å². The first-order valence-electron chi connectivity index (χ1n) is 7.70. The van der Waals surface area contributed by atoms with Gasteiger partial charge >= 0.3 is 0 Å². The topological polar surface area (TPSA) is 39.9 Å². The number of pyridine rings is 1. The van der Waals surface area contributed by atoms with E-state index in [2.05, 4.69) is 24.8 Å². The molecule has 1 fully saturated rings. The van der Waals surface area contributed by atoms with Gasteiger partial charge in [-0.1, -0.05) is 38.5 Å². The van der Waals surface area contributed by atoms with Crippen LogP contribution in [0.2, 0.25) is 0 Å². The third-order valence-electron chi connectivity index (χ3n) is 4.95. The summed E-state index contributed by atoms with van der Waals surface area (Å²) in [5.74, 6) is 0.856. The molecule has 0 atom stereocenters. The number of benzene rings is 1. The predicted molar refractivity (Wildman–Crippen MR) is 86.3 cm³/mol. The average Bonchev–Trinajstić information content (AvgIpc) is 2.54. The van der Waals surface area contributed by atoms with Crippen LogP contribution >= 0.6 is 0 Å². The van der Waals surface area contributed by atoms with Gasteiger partial charge in [-0.05, 0) is 30.4 Å². The van der Waals surface area contributed by atoms with E-state index in [-0.39, 0.29) is 0 Å². The Bertz CT molecular complexity index is 691. The maximum absolute atomic E-state index is 9.44. The lowest BCUT2D eigenvalue weighted by Gasteiger charge is -2.39. The molecule has 3 rings (SSSR count). The molecule has 0 bridgehead atoms. The van der Waals surface area contributed by atoms with Crippen molar-refractivity contribution in [1.82, 2.24) is 4.98 Å². The van der Waals surface area contributed by atoms with Gasteiger partial charge < -0.3 is 4.90 Å². The maximum atomic E-state index is 9.44. The molecule has 0 spiro atoms. The highest BCUT2D eigenvalue weighted by molar-refractivity contribution is 5.83. The van der Waals surface area contributed by atoms with Gasteiger partial charge in [0.2, 0.25) is 0 Å². The van der Waals surface area contributed by atoms with Crippen LogP contribution in [0.4, 0.5) is 5.82 Å². The van der Waals surface area contributed by atoms with Crippen LogP contribution in [0.25, 0.3) is 10.9 Å². The number of anilines is 1. The van der Waals surface area contributed by atoms with E-state index in [9.17, 15) is 5.26 Å². The lowest BCUT2D eigenvalue weighted by Crippen LogP contribution is -2.39. The van der Waals surface area contributed by atoms with Gasteiger partial charge in [-0.15, -0.1) is 0 Å². The molecule has 0 aliphatic carbocycles. The first kappa shape index (κ1) is 13.9. The fourth-order valence-electron chi connectivity index (χ4n) is 3.04. The molecule has 2 aromatic rings. The molecule has 0 unspecified atom stereocenters. The van der Waals surface area contributed by atoms with E-state index in [1.54, 1.807) is 0 Å². The van der Waals surface area contributed by atoms with Crippen molar-refractivity contribution in [2.75, 3.05) is 18.0 Å². The minimum Gasteiger partial charge on any atom is -0.355 e. The van der Waals surface area contributed by atoms with Crippen molar-refractivity contribution in [1.29, 1.82) is 5.26 Å². The highest BCUT2D eigenvalue weighted by Gasteiger charge is 2.29. The van der Waals surface area contributed by atoms with E-state index in [0.29, 0.717) is 11.0 Å². The molecule has 3 heteroatoms. The van der Waals surface area contributed by atoms with Crippen molar-refractivity contribution in [2.24, 2.45) is 5.41 Å². The lowest BCUT2D eigenvalue weighted by molar-refractivity contribution is 0.238. The monoisotopic (exact) mass is 279 g/mol. The van der Waals surface area contributed by atoms with Crippen LogP contribution in [0.15, 0.2) is 30.3 Å². The minimum absolute atomic E-state index is 0.445. The smallest absolute Gasteiger partial charge is 0.147 e. The van der Waals surface area contributed by atoms with Crippen molar-refractivity contribution in [2.45, 2.75) is 33.1 Å². The van der Waals surface area contributed by atoms with Crippen molar-refractivity contribution < 1.29 is 0 Å². The molecule has 1 saturated heterocycles. The first-order valence-corrected chi connectivity index (χ1v) is 7.70. The zero-order valence-electron chi connectivity index (χ0n) is 12.8. The molecule has 0 radical (unpaired) electrons. The summed E-state index contributed by atoms with van der Waals surface area (Å²) in [6.07, 6.45) is 3.56. The van der Waals surface area contributed by atoms with Crippen LogP contribution in [0.1, 0.15) is 38.7 Å². The number of piperidine rings is 1. The van der Waals surface area contributed by atoms with Crippen molar-refractivity contribution in [3.63, 3.8) is 0 Å². The van der Waals surface area contributed by atoms with E-state index < -0.39 is 0 Å². The quantitative estimate of drug-likeness (QED) is 0.830. The second kappa shape index (κ2) is 5.37. The van der Waals surface area contributed by atoms with Gasteiger partial charge in [0.15, 0.2) is 0 Å². The Labute approximate surface area is 126 Å². The van der Waals surface area contributed by atoms with Gasteiger partial charge in [0.1, 0.15) is 11.9 Å². The number of fused-ring (bicyclic) bond motifs is 1. The minimum atomic E-state index is 0.445. The van der Waals surface area contributed by atoms with E-state index in [0.717, 1.165) is 29.8 Å². The molecule has 108 valence electrons. The highest BCUT2D eigenvalue weighted by atomic mass is 15.2. The zero-order chi connectivity index (χ0) is 14.9. The van der Waals surface area contributed by atoms with Crippen molar-refractivity contribution in [3.05, 3.63) is 35.9 Å². The summed E-state index contributed by atoms with van der Waals surface area (Å²) >= 11 is 0. The summed E-state index contributed by atoms with van der Waals surface area (Å²) < 4.78 is 0. The Hall–Kier alpha value is -2.08. The summed E-state index contributed by atoms with van der Waals surface area (Å²) in [6.45, 7) is 6.61. The Kier molecular flexibility index (Phi) is 3.55. The SMILES string of the molecule is CCC1(C)CCN(c2nc3ccccc3cc2C#N)CC1. The number of para-hydroxylation sites is 1. The Morgan fingerprint density at radius 2 is 2.00 bits per heavy atom. The molecular weight excluding hydrogens is 258 g/mol. The third-order valence-corrected chi connectivity index (χ3v) is 4.95. The predicted octanol–water partition coefficient (Wildman–Crippen LogP) is 4.12. The molecule has 0 saturated carbocycles. The van der Waals surface area contributed by atoms with Crippen LogP contribution in [0.3, 0.4) is 0 Å². The number of rotatable bonds is 2. The molecule has 21 heavy (non-hydrogen) atoms. The van der Waals surface area contributed by atoms with Crippen LogP contribution < -0.4 is 4.90 Å². The summed E-state index contributed by atoms with van der Waals surface area (Å²) in [5.41, 5.74) is 2.10. The van der Waals surface area contributed by atoms with Gasteiger partial charge in [-0.2, -0.15) is 5.26 Å². The largest absolute Gasteiger partial charge is 0.355 e. The van der Waals surface area contributed by atoms with Gasteiger partial charge in [-0.3, -0.25) is 0 Å². The van der Waals surface area contributed by atoms with Crippen molar-refractivity contribution >= 4 is 16.7 Å². The standard InChI is InChI=1S/C18H21N3/c1-3-18(2)8-10-21(11-9-18)17-15(13-19)12-14-6-4-5-7-16(14)20-17/h4-7,12H,3,8-11H2,1-2H3. The molecular formula is C18H21N3. The van der Waals surface area contributed by atoms with Crippen LogP contribution in [-0.4, -0.2) is 18.1 Å². The van der Waals surface area contributed by atoms with E-state index in [1.165, 1.54) is 19.3 Å². The van der Waals surface area contributed by atoms with Gasteiger partial charge in [0.25, 0.3) is 0 Å². The Morgan fingerprint density at radius 1 is 1.29 bits per heavy atom. The fraction of sp³-hybridized carbons (Fsp3) is 0.444. The number of nitrogens with zero attached hydrogens (tertiary/aromatic N) is 3. The van der Waals surface area contributed by atoms with E-state index in [1.807, 2.05) is 30.3 Å². The fourth-order valence-corrected chi connectivity index (χ4v) is 3.04.